The minimum Gasteiger partial charge on any atom is -0.325 e. The summed E-state index contributed by atoms with van der Waals surface area (Å²) in [6.07, 6.45) is -0.843. The molecule has 3 aliphatic carbocycles. The smallest absolute Gasteiger partial charge is 0.325 e. The highest BCUT2D eigenvalue weighted by Gasteiger charge is 2.67. The maximum atomic E-state index is 12.9. The average Bonchev–Trinajstić information content (AvgIpc) is 2.87. The van der Waals surface area contributed by atoms with Crippen molar-refractivity contribution in [2.75, 3.05) is 5.32 Å². The van der Waals surface area contributed by atoms with Gasteiger partial charge < -0.3 is 5.32 Å². The first kappa shape index (κ1) is 13.2. The largest absolute Gasteiger partial charge is 0.418 e. The first-order valence-corrected chi connectivity index (χ1v) is 7.44. The molecule has 21 heavy (non-hydrogen) atoms. The fraction of sp³-hybridized carbons (Fsp3) is 0.562. The van der Waals surface area contributed by atoms with Gasteiger partial charge in [-0.15, -0.1) is 0 Å². The topological polar surface area (TPSA) is 29.1 Å². The molecule has 112 valence electrons. The van der Waals surface area contributed by atoms with Crippen molar-refractivity contribution in [2.45, 2.75) is 25.4 Å². The van der Waals surface area contributed by atoms with Crippen LogP contribution in [-0.4, -0.2) is 5.91 Å². The minimum atomic E-state index is -4.44. The van der Waals surface area contributed by atoms with Gasteiger partial charge in [0.2, 0.25) is 5.91 Å². The summed E-state index contributed by atoms with van der Waals surface area (Å²) < 4.78 is 38.8. The van der Waals surface area contributed by atoms with E-state index in [-0.39, 0.29) is 17.5 Å². The van der Waals surface area contributed by atoms with Gasteiger partial charge in [0.15, 0.2) is 0 Å². The van der Waals surface area contributed by atoms with Crippen molar-refractivity contribution in [3.05, 3.63) is 29.8 Å². The van der Waals surface area contributed by atoms with Crippen molar-refractivity contribution in [3.8, 4) is 0 Å². The van der Waals surface area contributed by atoms with Gasteiger partial charge in [-0.05, 0) is 55.1 Å². The van der Waals surface area contributed by atoms with Crippen LogP contribution in [0.4, 0.5) is 18.9 Å². The first-order valence-electron chi connectivity index (χ1n) is 7.44. The third-order valence-corrected chi connectivity index (χ3v) is 5.53. The molecule has 0 heterocycles. The predicted molar refractivity (Wildman–Crippen MR) is 71.4 cm³/mol. The van der Waals surface area contributed by atoms with Crippen LogP contribution in [0.25, 0.3) is 0 Å². The van der Waals surface area contributed by atoms with Crippen LogP contribution in [0, 0.1) is 29.6 Å². The minimum absolute atomic E-state index is 0.0578. The summed E-state index contributed by atoms with van der Waals surface area (Å²) in [6.45, 7) is 0. The van der Waals surface area contributed by atoms with E-state index < -0.39 is 11.7 Å². The number of hydrogen-bond acceptors (Lipinski definition) is 1. The third-order valence-electron chi connectivity index (χ3n) is 5.53. The van der Waals surface area contributed by atoms with Gasteiger partial charge in [0, 0.05) is 5.92 Å². The Labute approximate surface area is 120 Å². The van der Waals surface area contributed by atoms with E-state index in [0.29, 0.717) is 23.7 Å². The van der Waals surface area contributed by atoms with Crippen molar-refractivity contribution in [1.82, 2.24) is 0 Å². The number of benzene rings is 1. The fourth-order valence-corrected chi connectivity index (χ4v) is 4.73. The molecule has 5 atom stereocenters. The second kappa shape index (κ2) is 4.24. The Balaban J connectivity index is 1.52. The maximum Gasteiger partial charge on any atom is 0.418 e. The first-order chi connectivity index (χ1) is 9.97. The number of alkyl halides is 3. The Hall–Kier alpha value is -1.52. The lowest BCUT2D eigenvalue weighted by Gasteiger charge is -2.14. The zero-order chi connectivity index (χ0) is 14.8. The summed E-state index contributed by atoms with van der Waals surface area (Å²) in [4.78, 5) is 12.3. The van der Waals surface area contributed by atoms with Crippen LogP contribution in [0.3, 0.4) is 0 Å². The molecule has 3 fully saturated rings. The van der Waals surface area contributed by atoms with Gasteiger partial charge >= 0.3 is 6.18 Å². The van der Waals surface area contributed by atoms with Crippen LogP contribution in [0.5, 0.6) is 0 Å². The lowest BCUT2D eigenvalue weighted by atomic mass is 10.0. The number of carbonyl (C=O) groups is 1. The summed E-state index contributed by atoms with van der Waals surface area (Å²) in [5.74, 6) is 1.85. The number of rotatable bonds is 2. The van der Waals surface area contributed by atoms with E-state index in [1.165, 1.54) is 37.5 Å². The normalized spacial score (nSPS) is 36.4. The molecule has 0 aromatic heterocycles. The summed E-state index contributed by atoms with van der Waals surface area (Å²) >= 11 is 0. The van der Waals surface area contributed by atoms with E-state index in [1.54, 1.807) is 0 Å². The van der Waals surface area contributed by atoms with Gasteiger partial charge in [0.1, 0.15) is 0 Å². The molecule has 1 amide bonds. The van der Waals surface area contributed by atoms with Crippen molar-refractivity contribution in [2.24, 2.45) is 29.6 Å². The van der Waals surface area contributed by atoms with Crippen LogP contribution >= 0.6 is 0 Å². The van der Waals surface area contributed by atoms with Crippen LogP contribution < -0.4 is 5.32 Å². The third kappa shape index (κ3) is 1.97. The molecule has 0 aliphatic heterocycles. The molecule has 4 rings (SSSR count). The van der Waals surface area contributed by atoms with E-state index in [1.807, 2.05) is 0 Å². The molecule has 0 saturated heterocycles. The van der Waals surface area contributed by atoms with E-state index in [4.69, 9.17) is 0 Å². The second-order valence-electron chi connectivity index (χ2n) is 6.55. The van der Waals surface area contributed by atoms with Crippen molar-refractivity contribution >= 4 is 11.6 Å². The van der Waals surface area contributed by atoms with Crippen molar-refractivity contribution in [3.63, 3.8) is 0 Å². The molecule has 2 bridgehead atoms. The standard InChI is InChI=1S/C16H16F3NO/c17-16(18,19)10-3-1-2-4-11(10)20-15(21)14-12-8-5-6-9(7-8)13(12)14/h1-4,8-9,12-14H,5-7H2,(H,20,21)/t8-,9+,12-,13-,14?/m1/s1. The average molecular weight is 295 g/mol. The van der Waals surface area contributed by atoms with Gasteiger partial charge in [-0.25, -0.2) is 0 Å². The van der Waals surface area contributed by atoms with Gasteiger partial charge in [0.05, 0.1) is 11.3 Å². The molecular weight excluding hydrogens is 279 g/mol. The number of nitrogens with one attached hydrogen (secondary N) is 1. The summed E-state index contributed by atoms with van der Waals surface area (Å²) in [6, 6.07) is 5.19. The van der Waals surface area contributed by atoms with Crippen LogP contribution in [0.15, 0.2) is 24.3 Å². The number of fused-ring (bicyclic) bond motifs is 5. The summed E-state index contributed by atoms with van der Waals surface area (Å²) in [5, 5.41) is 2.52. The zero-order valence-electron chi connectivity index (χ0n) is 11.4. The van der Waals surface area contributed by atoms with E-state index in [2.05, 4.69) is 5.32 Å². The molecular formula is C16H16F3NO. The Bertz CT molecular complexity index is 581. The van der Waals surface area contributed by atoms with Crippen LogP contribution in [0.2, 0.25) is 0 Å². The van der Waals surface area contributed by atoms with Gasteiger partial charge in [-0.1, -0.05) is 12.1 Å². The number of amides is 1. The monoisotopic (exact) mass is 295 g/mol. The van der Waals surface area contributed by atoms with Crippen LogP contribution in [-0.2, 0) is 11.0 Å². The SMILES string of the molecule is O=C(Nc1ccccc1C(F)(F)F)C1[C@@H]2[C@@H]3CC[C@@H](C3)[C@@H]12. The Morgan fingerprint density at radius 3 is 2.33 bits per heavy atom. The highest BCUT2D eigenvalue weighted by molar-refractivity contribution is 5.95. The molecule has 1 aromatic rings. The molecule has 3 saturated carbocycles. The highest BCUT2D eigenvalue weighted by Crippen LogP contribution is 2.69. The number of halogens is 3. The zero-order valence-corrected chi connectivity index (χ0v) is 11.4. The van der Waals surface area contributed by atoms with E-state index in [0.717, 1.165) is 6.07 Å². The van der Waals surface area contributed by atoms with Crippen LogP contribution in [0.1, 0.15) is 24.8 Å². The number of carbonyl (C=O) groups excluding carboxylic acids is 1. The lowest BCUT2D eigenvalue weighted by Crippen LogP contribution is -2.21. The lowest BCUT2D eigenvalue weighted by molar-refractivity contribution is -0.137. The summed E-state index contributed by atoms with van der Waals surface area (Å²) in [5.41, 5.74) is -0.889. The quantitative estimate of drug-likeness (QED) is 0.880. The number of para-hydroxylation sites is 1. The van der Waals surface area contributed by atoms with Gasteiger partial charge in [-0.2, -0.15) is 13.2 Å². The Morgan fingerprint density at radius 1 is 1.10 bits per heavy atom. The molecule has 2 nitrogen and oxygen atoms in total. The predicted octanol–water partition coefficient (Wildman–Crippen LogP) is 3.94. The van der Waals surface area contributed by atoms with Gasteiger partial charge in [0.25, 0.3) is 0 Å². The molecule has 0 radical (unpaired) electrons. The Kier molecular flexibility index (Phi) is 2.66. The molecule has 0 spiro atoms. The molecule has 1 aromatic carbocycles. The highest BCUT2D eigenvalue weighted by atomic mass is 19.4. The number of hydrogen-bond donors (Lipinski definition) is 1. The van der Waals surface area contributed by atoms with Crippen molar-refractivity contribution in [1.29, 1.82) is 0 Å². The fourth-order valence-electron chi connectivity index (χ4n) is 4.73. The molecule has 1 unspecified atom stereocenters. The Morgan fingerprint density at radius 2 is 1.71 bits per heavy atom. The van der Waals surface area contributed by atoms with Gasteiger partial charge in [-0.3, -0.25) is 4.79 Å². The van der Waals surface area contributed by atoms with E-state index in [9.17, 15) is 18.0 Å². The van der Waals surface area contributed by atoms with E-state index >= 15 is 0 Å². The van der Waals surface area contributed by atoms with Crippen molar-refractivity contribution < 1.29 is 18.0 Å². The molecule has 5 heteroatoms. The number of anilines is 1. The molecule has 3 aliphatic rings. The second-order valence-corrected chi connectivity index (χ2v) is 6.55. The molecule has 1 N–H and O–H groups in total. The maximum absolute atomic E-state index is 12.9. The summed E-state index contributed by atoms with van der Waals surface area (Å²) in [7, 11) is 0.